The fourth-order valence-corrected chi connectivity index (χ4v) is 1.27. The third-order valence-corrected chi connectivity index (χ3v) is 2.22. The molecule has 0 amide bonds. The van der Waals surface area contributed by atoms with Crippen molar-refractivity contribution in [3.63, 3.8) is 0 Å². The normalized spacial score (nSPS) is 14.4. The number of benzene rings is 1. The number of terminal acetylenes is 1. The number of hydrogen-bond donors (Lipinski definition) is 1. The van der Waals surface area contributed by atoms with E-state index in [4.69, 9.17) is 6.42 Å². The molecule has 74 valence electrons. The van der Waals surface area contributed by atoms with Gasteiger partial charge in [-0.25, -0.2) is 4.39 Å². The SMILES string of the molecule is C#CCCC(C)(O)c1ccc(F)cc1. The number of hydrogen-bond acceptors (Lipinski definition) is 1. The molecule has 0 spiro atoms. The molecule has 0 saturated heterocycles. The third kappa shape index (κ3) is 2.58. The molecule has 1 N–H and O–H groups in total. The van der Waals surface area contributed by atoms with Gasteiger partial charge in [-0.3, -0.25) is 0 Å². The Kier molecular flexibility index (Phi) is 3.27. The average Bonchev–Trinajstić information content (AvgIpc) is 2.16. The zero-order chi connectivity index (χ0) is 10.6. The molecule has 0 aromatic heterocycles. The fourth-order valence-electron chi connectivity index (χ4n) is 1.27. The highest BCUT2D eigenvalue weighted by molar-refractivity contribution is 5.22. The van der Waals surface area contributed by atoms with Gasteiger partial charge in [0.2, 0.25) is 0 Å². The molecule has 1 nitrogen and oxygen atoms in total. The highest BCUT2D eigenvalue weighted by Crippen LogP contribution is 2.25. The van der Waals surface area contributed by atoms with Crippen LogP contribution in [0.4, 0.5) is 4.39 Å². The van der Waals surface area contributed by atoms with E-state index in [1.165, 1.54) is 12.1 Å². The molecule has 1 unspecified atom stereocenters. The quantitative estimate of drug-likeness (QED) is 0.729. The largest absolute Gasteiger partial charge is 0.385 e. The summed E-state index contributed by atoms with van der Waals surface area (Å²) in [5.41, 5.74) is -0.283. The van der Waals surface area contributed by atoms with Crippen molar-refractivity contribution in [2.45, 2.75) is 25.4 Å². The van der Waals surface area contributed by atoms with E-state index in [0.29, 0.717) is 18.4 Å². The number of rotatable bonds is 3. The molecule has 1 aromatic carbocycles. The first-order valence-electron chi connectivity index (χ1n) is 4.48. The average molecular weight is 192 g/mol. The summed E-state index contributed by atoms with van der Waals surface area (Å²) in [6.07, 6.45) is 6.10. The van der Waals surface area contributed by atoms with Gasteiger partial charge >= 0.3 is 0 Å². The molecule has 1 atom stereocenters. The van der Waals surface area contributed by atoms with Crippen LogP contribution in [0, 0.1) is 18.2 Å². The molecule has 0 aliphatic heterocycles. The minimum atomic E-state index is -0.972. The topological polar surface area (TPSA) is 20.2 Å². The lowest BCUT2D eigenvalue weighted by molar-refractivity contribution is 0.0493. The van der Waals surface area contributed by atoms with Gasteiger partial charge in [-0.05, 0) is 31.0 Å². The lowest BCUT2D eigenvalue weighted by atomic mass is 9.91. The first-order chi connectivity index (χ1) is 6.56. The van der Waals surface area contributed by atoms with Gasteiger partial charge in [0.05, 0.1) is 5.60 Å². The lowest BCUT2D eigenvalue weighted by Gasteiger charge is -2.22. The Labute approximate surface area is 83.6 Å². The van der Waals surface area contributed by atoms with Crippen LogP contribution in [0.15, 0.2) is 24.3 Å². The van der Waals surface area contributed by atoms with Crippen LogP contribution in [0.2, 0.25) is 0 Å². The molecule has 0 fully saturated rings. The molecule has 0 aliphatic carbocycles. The van der Waals surface area contributed by atoms with Gasteiger partial charge in [-0.2, -0.15) is 0 Å². The van der Waals surface area contributed by atoms with Crippen LogP contribution in [-0.4, -0.2) is 5.11 Å². The standard InChI is InChI=1S/C12H13FO/c1-3-4-9-12(2,14)10-5-7-11(13)8-6-10/h1,5-8,14H,4,9H2,2H3. The second-order valence-corrected chi connectivity index (χ2v) is 3.48. The monoisotopic (exact) mass is 192 g/mol. The fraction of sp³-hybridized carbons (Fsp3) is 0.333. The number of halogens is 1. The van der Waals surface area contributed by atoms with E-state index in [1.54, 1.807) is 19.1 Å². The van der Waals surface area contributed by atoms with Crippen LogP contribution >= 0.6 is 0 Å². The summed E-state index contributed by atoms with van der Waals surface area (Å²) in [6.45, 7) is 1.68. The maximum Gasteiger partial charge on any atom is 0.123 e. The van der Waals surface area contributed by atoms with Gasteiger partial charge in [0.25, 0.3) is 0 Å². The first kappa shape index (κ1) is 10.7. The van der Waals surface area contributed by atoms with E-state index in [2.05, 4.69) is 5.92 Å². The van der Waals surface area contributed by atoms with Crippen LogP contribution < -0.4 is 0 Å². The van der Waals surface area contributed by atoms with Crippen molar-refractivity contribution in [2.24, 2.45) is 0 Å². The summed E-state index contributed by atoms with van der Waals surface area (Å²) >= 11 is 0. The minimum Gasteiger partial charge on any atom is -0.385 e. The molecule has 1 aromatic rings. The molecule has 0 saturated carbocycles. The highest BCUT2D eigenvalue weighted by Gasteiger charge is 2.21. The molecule has 0 aliphatic rings. The van der Waals surface area contributed by atoms with Gasteiger partial charge in [0.1, 0.15) is 5.82 Å². The smallest absolute Gasteiger partial charge is 0.123 e. The van der Waals surface area contributed by atoms with Crippen molar-refractivity contribution >= 4 is 0 Å². The van der Waals surface area contributed by atoms with Gasteiger partial charge in [0, 0.05) is 6.42 Å². The summed E-state index contributed by atoms with van der Waals surface area (Å²) < 4.78 is 12.6. The molecule has 0 radical (unpaired) electrons. The van der Waals surface area contributed by atoms with Crippen molar-refractivity contribution in [1.29, 1.82) is 0 Å². The van der Waals surface area contributed by atoms with Gasteiger partial charge in [0.15, 0.2) is 0 Å². The maximum absolute atomic E-state index is 12.6. The van der Waals surface area contributed by atoms with E-state index in [1.807, 2.05) is 0 Å². The van der Waals surface area contributed by atoms with Crippen molar-refractivity contribution in [3.8, 4) is 12.3 Å². The molecule has 2 heteroatoms. The second-order valence-electron chi connectivity index (χ2n) is 3.48. The van der Waals surface area contributed by atoms with Crippen LogP contribution in [0.25, 0.3) is 0 Å². The van der Waals surface area contributed by atoms with Crippen LogP contribution in [-0.2, 0) is 5.60 Å². The first-order valence-corrected chi connectivity index (χ1v) is 4.48. The van der Waals surface area contributed by atoms with Crippen LogP contribution in [0.3, 0.4) is 0 Å². The van der Waals surface area contributed by atoms with Gasteiger partial charge in [-0.1, -0.05) is 12.1 Å². The van der Waals surface area contributed by atoms with E-state index >= 15 is 0 Å². The Morgan fingerprint density at radius 2 is 2.00 bits per heavy atom. The predicted molar refractivity (Wildman–Crippen MR) is 54.0 cm³/mol. The van der Waals surface area contributed by atoms with E-state index in [-0.39, 0.29) is 5.82 Å². The molecule has 1 rings (SSSR count). The Bertz CT molecular complexity index is 332. The lowest BCUT2D eigenvalue weighted by Crippen LogP contribution is -2.20. The molecule has 0 heterocycles. The predicted octanol–water partition coefficient (Wildman–Crippen LogP) is 2.45. The van der Waals surface area contributed by atoms with E-state index < -0.39 is 5.60 Å². The second kappa shape index (κ2) is 4.26. The summed E-state index contributed by atoms with van der Waals surface area (Å²) in [5.74, 6) is 2.17. The zero-order valence-corrected chi connectivity index (χ0v) is 8.13. The minimum absolute atomic E-state index is 0.304. The summed E-state index contributed by atoms with van der Waals surface area (Å²) in [4.78, 5) is 0. The van der Waals surface area contributed by atoms with Crippen molar-refractivity contribution in [3.05, 3.63) is 35.6 Å². The highest BCUT2D eigenvalue weighted by atomic mass is 19.1. The van der Waals surface area contributed by atoms with Crippen molar-refractivity contribution in [2.75, 3.05) is 0 Å². The summed E-state index contributed by atoms with van der Waals surface area (Å²) in [7, 11) is 0. The number of aliphatic hydroxyl groups is 1. The van der Waals surface area contributed by atoms with Crippen LogP contribution in [0.1, 0.15) is 25.3 Å². The Balaban J connectivity index is 2.82. The third-order valence-electron chi connectivity index (χ3n) is 2.22. The van der Waals surface area contributed by atoms with Gasteiger partial charge in [-0.15, -0.1) is 12.3 Å². The van der Waals surface area contributed by atoms with E-state index in [0.717, 1.165) is 0 Å². The molecule has 0 bridgehead atoms. The Morgan fingerprint density at radius 1 is 1.43 bits per heavy atom. The Morgan fingerprint density at radius 3 is 2.50 bits per heavy atom. The van der Waals surface area contributed by atoms with Crippen molar-refractivity contribution in [1.82, 2.24) is 0 Å². The van der Waals surface area contributed by atoms with E-state index in [9.17, 15) is 9.50 Å². The van der Waals surface area contributed by atoms with Crippen LogP contribution in [0.5, 0.6) is 0 Å². The summed E-state index contributed by atoms with van der Waals surface area (Å²) in [6, 6.07) is 5.82. The van der Waals surface area contributed by atoms with Crippen molar-refractivity contribution < 1.29 is 9.50 Å². The molecular weight excluding hydrogens is 179 g/mol. The summed E-state index contributed by atoms with van der Waals surface area (Å²) in [5, 5.41) is 9.99. The molecular formula is C12H13FO. The Hall–Kier alpha value is -1.33. The van der Waals surface area contributed by atoms with Gasteiger partial charge < -0.3 is 5.11 Å². The maximum atomic E-state index is 12.6. The molecule has 14 heavy (non-hydrogen) atoms. The zero-order valence-electron chi connectivity index (χ0n) is 8.13.